The molecule has 1 aromatic heterocycles. The topological polar surface area (TPSA) is 90.1 Å². The number of aromatic amines is 1. The molecule has 0 atom stereocenters. The summed E-state index contributed by atoms with van der Waals surface area (Å²) >= 11 is 0. The van der Waals surface area contributed by atoms with Crippen molar-refractivity contribution in [3.63, 3.8) is 0 Å². The first-order chi connectivity index (χ1) is 10.7. The SMILES string of the molecule is Cc1cc(C)c(OC(C)(C)CN)c(Cn2ccc(=O)[nH]c2=O)c1. The molecule has 0 saturated heterocycles. The third-order valence-electron chi connectivity index (χ3n) is 3.60. The Kier molecular flexibility index (Phi) is 4.75. The van der Waals surface area contributed by atoms with Gasteiger partial charge in [-0.15, -0.1) is 0 Å². The number of nitrogens with two attached hydrogens (primary N) is 1. The van der Waals surface area contributed by atoms with Crippen LogP contribution in [0.3, 0.4) is 0 Å². The second-order valence-electron chi connectivity index (χ2n) is 6.37. The van der Waals surface area contributed by atoms with Gasteiger partial charge in [-0.3, -0.25) is 14.3 Å². The Balaban J connectivity index is 2.48. The standard InChI is InChI=1S/C17H23N3O3/c1-11-7-12(2)15(23-17(3,4)10-18)13(8-11)9-20-6-5-14(21)19-16(20)22/h5-8H,9-10,18H2,1-4H3,(H,19,21,22). The molecule has 1 heterocycles. The number of nitrogens with one attached hydrogen (secondary N) is 1. The zero-order valence-corrected chi connectivity index (χ0v) is 14.0. The number of ether oxygens (including phenoxy) is 1. The van der Waals surface area contributed by atoms with Crippen molar-refractivity contribution < 1.29 is 4.74 Å². The van der Waals surface area contributed by atoms with Crippen molar-refractivity contribution in [3.8, 4) is 5.75 Å². The van der Waals surface area contributed by atoms with E-state index in [1.807, 2.05) is 39.8 Å². The van der Waals surface area contributed by atoms with Crippen LogP contribution < -0.4 is 21.7 Å². The predicted molar refractivity (Wildman–Crippen MR) is 90.1 cm³/mol. The highest BCUT2D eigenvalue weighted by molar-refractivity contribution is 5.44. The van der Waals surface area contributed by atoms with Crippen molar-refractivity contribution in [2.24, 2.45) is 5.73 Å². The minimum atomic E-state index is -0.509. The van der Waals surface area contributed by atoms with E-state index in [9.17, 15) is 9.59 Å². The highest BCUT2D eigenvalue weighted by atomic mass is 16.5. The molecule has 6 nitrogen and oxygen atoms in total. The van der Waals surface area contributed by atoms with Gasteiger partial charge in [-0.1, -0.05) is 17.7 Å². The number of nitrogens with zero attached hydrogens (tertiary/aromatic N) is 1. The number of aromatic nitrogens is 2. The predicted octanol–water partition coefficient (Wildman–Crippen LogP) is 1.32. The summed E-state index contributed by atoms with van der Waals surface area (Å²) in [4.78, 5) is 25.4. The van der Waals surface area contributed by atoms with E-state index < -0.39 is 16.9 Å². The summed E-state index contributed by atoms with van der Waals surface area (Å²) in [5.41, 5.74) is 7.33. The summed E-state index contributed by atoms with van der Waals surface area (Å²) in [6.45, 7) is 8.48. The van der Waals surface area contributed by atoms with Crippen LogP contribution in [0.2, 0.25) is 0 Å². The van der Waals surface area contributed by atoms with E-state index in [1.165, 1.54) is 16.8 Å². The van der Waals surface area contributed by atoms with Gasteiger partial charge in [0.2, 0.25) is 0 Å². The van der Waals surface area contributed by atoms with Gasteiger partial charge in [-0.05, 0) is 33.3 Å². The van der Waals surface area contributed by atoms with Crippen LogP contribution in [0.15, 0.2) is 34.0 Å². The van der Waals surface area contributed by atoms with Crippen molar-refractivity contribution in [2.75, 3.05) is 6.54 Å². The smallest absolute Gasteiger partial charge is 0.328 e. The Labute approximate surface area is 134 Å². The molecular formula is C17H23N3O3. The minimum absolute atomic E-state index is 0.314. The van der Waals surface area contributed by atoms with Gasteiger partial charge in [0.25, 0.3) is 5.56 Å². The van der Waals surface area contributed by atoms with E-state index in [0.29, 0.717) is 13.1 Å². The van der Waals surface area contributed by atoms with Gasteiger partial charge in [0, 0.05) is 24.4 Å². The largest absolute Gasteiger partial charge is 0.486 e. The summed E-state index contributed by atoms with van der Waals surface area (Å²) in [5, 5.41) is 0. The lowest BCUT2D eigenvalue weighted by Gasteiger charge is -2.28. The highest BCUT2D eigenvalue weighted by Crippen LogP contribution is 2.29. The third kappa shape index (κ3) is 4.10. The number of hydrogen-bond donors (Lipinski definition) is 2. The van der Waals surface area contributed by atoms with Gasteiger partial charge < -0.3 is 10.5 Å². The first-order valence-electron chi connectivity index (χ1n) is 7.51. The monoisotopic (exact) mass is 317 g/mol. The van der Waals surface area contributed by atoms with Crippen LogP contribution in [0.4, 0.5) is 0 Å². The Morgan fingerprint density at radius 3 is 2.57 bits per heavy atom. The van der Waals surface area contributed by atoms with Crippen molar-refractivity contribution in [2.45, 2.75) is 39.8 Å². The second-order valence-corrected chi connectivity index (χ2v) is 6.37. The number of H-pyrrole nitrogens is 1. The molecule has 2 aromatic rings. The summed E-state index contributed by atoms with van der Waals surface area (Å²) in [6.07, 6.45) is 1.48. The van der Waals surface area contributed by atoms with Crippen LogP contribution in [0.1, 0.15) is 30.5 Å². The van der Waals surface area contributed by atoms with Crippen molar-refractivity contribution in [3.05, 3.63) is 61.9 Å². The quantitative estimate of drug-likeness (QED) is 0.870. The number of aryl methyl sites for hydroxylation is 2. The van der Waals surface area contributed by atoms with E-state index in [1.54, 1.807) is 0 Å². The molecule has 0 fully saturated rings. The Bertz CT molecular complexity index is 819. The molecule has 3 N–H and O–H groups in total. The van der Waals surface area contributed by atoms with Crippen molar-refractivity contribution in [1.29, 1.82) is 0 Å². The van der Waals surface area contributed by atoms with Crippen molar-refractivity contribution in [1.82, 2.24) is 9.55 Å². The Hall–Kier alpha value is -2.34. The number of hydrogen-bond acceptors (Lipinski definition) is 4. The molecule has 2 rings (SSSR count). The lowest BCUT2D eigenvalue weighted by atomic mass is 10.0. The fourth-order valence-electron chi connectivity index (χ4n) is 2.38. The van der Waals surface area contributed by atoms with E-state index >= 15 is 0 Å². The molecule has 23 heavy (non-hydrogen) atoms. The maximum Gasteiger partial charge on any atom is 0.328 e. The van der Waals surface area contributed by atoms with Crippen LogP contribution in [-0.4, -0.2) is 21.7 Å². The molecule has 6 heteroatoms. The van der Waals surface area contributed by atoms with Crippen LogP contribution in [-0.2, 0) is 6.54 Å². The number of rotatable bonds is 5. The molecule has 0 spiro atoms. The summed E-state index contributed by atoms with van der Waals surface area (Å²) in [5.74, 6) is 0.726. The molecule has 124 valence electrons. The second kappa shape index (κ2) is 6.42. The maximum absolute atomic E-state index is 11.9. The molecule has 0 unspecified atom stereocenters. The van der Waals surface area contributed by atoms with Crippen LogP contribution in [0.5, 0.6) is 5.75 Å². The van der Waals surface area contributed by atoms with E-state index in [-0.39, 0.29) is 0 Å². The normalized spacial score (nSPS) is 11.5. The highest BCUT2D eigenvalue weighted by Gasteiger charge is 2.21. The number of benzene rings is 1. The van der Waals surface area contributed by atoms with Crippen LogP contribution >= 0.6 is 0 Å². The van der Waals surface area contributed by atoms with Gasteiger partial charge in [0.15, 0.2) is 0 Å². The third-order valence-corrected chi connectivity index (χ3v) is 3.60. The van der Waals surface area contributed by atoms with Gasteiger partial charge in [-0.2, -0.15) is 0 Å². The van der Waals surface area contributed by atoms with Gasteiger partial charge in [0.05, 0.1) is 6.54 Å². The fourth-order valence-corrected chi connectivity index (χ4v) is 2.38. The lowest BCUT2D eigenvalue weighted by molar-refractivity contribution is 0.116. The maximum atomic E-state index is 11.9. The Morgan fingerprint density at radius 1 is 1.26 bits per heavy atom. The molecule has 0 bridgehead atoms. The first-order valence-corrected chi connectivity index (χ1v) is 7.51. The van der Waals surface area contributed by atoms with Gasteiger partial charge in [0.1, 0.15) is 11.4 Å². The fraction of sp³-hybridized carbons (Fsp3) is 0.412. The van der Waals surface area contributed by atoms with Crippen molar-refractivity contribution >= 4 is 0 Å². The zero-order valence-electron chi connectivity index (χ0n) is 14.0. The zero-order chi connectivity index (χ0) is 17.2. The van der Waals surface area contributed by atoms with E-state index in [0.717, 1.165) is 22.4 Å². The summed E-state index contributed by atoms with van der Waals surface area (Å²) < 4.78 is 7.53. The molecule has 0 saturated carbocycles. The van der Waals surface area contributed by atoms with E-state index in [4.69, 9.17) is 10.5 Å². The van der Waals surface area contributed by atoms with Crippen LogP contribution in [0.25, 0.3) is 0 Å². The minimum Gasteiger partial charge on any atom is -0.486 e. The summed E-state index contributed by atoms with van der Waals surface area (Å²) in [7, 11) is 0. The van der Waals surface area contributed by atoms with Gasteiger partial charge >= 0.3 is 5.69 Å². The molecule has 0 aliphatic heterocycles. The summed E-state index contributed by atoms with van der Waals surface area (Å²) in [6, 6.07) is 5.34. The average molecular weight is 317 g/mol. The van der Waals surface area contributed by atoms with Crippen LogP contribution in [0, 0.1) is 13.8 Å². The molecule has 0 amide bonds. The molecular weight excluding hydrogens is 294 g/mol. The molecule has 0 aliphatic rings. The molecule has 1 aromatic carbocycles. The first kappa shape index (κ1) is 17.0. The van der Waals surface area contributed by atoms with E-state index in [2.05, 4.69) is 4.98 Å². The lowest BCUT2D eigenvalue weighted by Crippen LogP contribution is -2.37. The molecule has 0 radical (unpaired) electrons. The molecule has 0 aliphatic carbocycles. The average Bonchev–Trinajstić information content (AvgIpc) is 2.45. The van der Waals surface area contributed by atoms with Gasteiger partial charge in [-0.25, -0.2) is 4.79 Å². The Morgan fingerprint density at radius 2 is 1.96 bits per heavy atom.